The van der Waals surface area contributed by atoms with Crippen molar-refractivity contribution in [3.63, 3.8) is 0 Å². The van der Waals surface area contributed by atoms with Crippen molar-refractivity contribution in [2.24, 2.45) is 0 Å². The van der Waals surface area contributed by atoms with Crippen LogP contribution in [0.25, 0.3) is 0 Å². The lowest BCUT2D eigenvalue weighted by molar-refractivity contribution is 0.0955. The molecule has 2 aromatic rings. The summed E-state index contributed by atoms with van der Waals surface area (Å²) in [4.78, 5) is 16.0. The maximum Gasteiger partial charge on any atom is 0.252 e. The Labute approximate surface area is 141 Å². The van der Waals surface area contributed by atoms with Crippen LogP contribution in [0.5, 0.6) is 11.5 Å². The van der Waals surface area contributed by atoms with Gasteiger partial charge in [-0.1, -0.05) is 12.1 Å². The molecule has 0 unspecified atom stereocenters. The number of hydrogen-bond donors (Lipinski definition) is 2. The Balaban J connectivity index is 1.67. The summed E-state index contributed by atoms with van der Waals surface area (Å²) in [6.07, 6.45) is 2.45. The molecule has 0 atom stereocenters. The number of amides is 1. The number of rotatable bonds is 5. The first kappa shape index (κ1) is 16.1. The van der Waals surface area contributed by atoms with E-state index in [1.165, 1.54) is 0 Å². The van der Waals surface area contributed by atoms with Gasteiger partial charge in [0.2, 0.25) is 0 Å². The molecule has 0 saturated carbocycles. The lowest BCUT2D eigenvalue weighted by Crippen LogP contribution is -2.22. The smallest absolute Gasteiger partial charge is 0.252 e. The maximum atomic E-state index is 11.7. The van der Waals surface area contributed by atoms with Crippen molar-refractivity contribution in [3.8, 4) is 11.5 Å². The number of carbonyl (C=O) groups is 1. The van der Waals surface area contributed by atoms with Crippen molar-refractivity contribution in [2.45, 2.75) is 19.9 Å². The Kier molecular flexibility index (Phi) is 5.15. The molecule has 0 fully saturated rings. The van der Waals surface area contributed by atoms with Gasteiger partial charge in [-0.15, -0.1) is 0 Å². The standard InChI is InChI=1S/C18H21N3O3/c1-2-19-18(22)14-7-8-16(21-12-14)20-11-13-5-3-6-15-17(13)24-10-4-9-23-15/h3,5-8,12H,2,4,9-11H2,1H3,(H,19,22)(H,20,21). The molecule has 1 aliphatic rings. The molecule has 6 nitrogen and oxygen atoms in total. The highest BCUT2D eigenvalue weighted by atomic mass is 16.5. The van der Waals surface area contributed by atoms with Gasteiger partial charge >= 0.3 is 0 Å². The molecule has 1 aromatic carbocycles. The van der Waals surface area contributed by atoms with Gasteiger partial charge < -0.3 is 20.1 Å². The fourth-order valence-corrected chi connectivity index (χ4v) is 2.47. The molecule has 1 amide bonds. The average Bonchev–Trinajstić information content (AvgIpc) is 2.86. The number of ether oxygens (including phenoxy) is 2. The minimum Gasteiger partial charge on any atom is -0.490 e. The second-order valence-electron chi connectivity index (χ2n) is 5.44. The second kappa shape index (κ2) is 7.68. The first-order valence-electron chi connectivity index (χ1n) is 8.13. The molecular weight excluding hydrogens is 306 g/mol. The number of para-hydroxylation sites is 1. The van der Waals surface area contributed by atoms with Crippen molar-refractivity contribution in [3.05, 3.63) is 47.7 Å². The lowest BCUT2D eigenvalue weighted by atomic mass is 10.2. The normalized spacial score (nSPS) is 13.0. The van der Waals surface area contributed by atoms with Gasteiger partial charge in [0.05, 0.1) is 18.8 Å². The Bertz CT molecular complexity index is 701. The topological polar surface area (TPSA) is 72.5 Å². The number of fused-ring (bicyclic) bond motifs is 1. The molecule has 24 heavy (non-hydrogen) atoms. The number of pyridine rings is 1. The monoisotopic (exact) mass is 327 g/mol. The van der Waals surface area contributed by atoms with Crippen LogP contribution in [0.3, 0.4) is 0 Å². The van der Waals surface area contributed by atoms with Crippen molar-refractivity contribution >= 4 is 11.7 Å². The van der Waals surface area contributed by atoms with Crippen molar-refractivity contribution in [1.82, 2.24) is 10.3 Å². The van der Waals surface area contributed by atoms with Crippen LogP contribution in [-0.2, 0) is 6.54 Å². The molecule has 0 bridgehead atoms. The minimum atomic E-state index is -0.115. The summed E-state index contributed by atoms with van der Waals surface area (Å²) in [6.45, 7) is 4.38. The average molecular weight is 327 g/mol. The van der Waals surface area contributed by atoms with Crippen LogP contribution >= 0.6 is 0 Å². The van der Waals surface area contributed by atoms with E-state index in [4.69, 9.17) is 9.47 Å². The summed E-state index contributed by atoms with van der Waals surface area (Å²) in [5, 5.41) is 6.00. The largest absolute Gasteiger partial charge is 0.490 e. The third-order valence-electron chi connectivity index (χ3n) is 3.68. The van der Waals surface area contributed by atoms with Crippen LogP contribution in [-0.4, -0.2) is 30.6 Å². The molecule has 0 saturated heterocycles. The summed E-state index contributed by atoms with van der Waals surface area (Å²) < 4.78 is 11.5. The Morgan fingerprint density at radius 2 is 2.08 bits per heavy atom. The number of carbonyl (C=O) groups excluding carboxylic acids is 1. The van der Waals surface area contributed by atoms with Gasteiger partial charge in [-0.05, 0) is 25.1 Å². The van der Waals surface area contributed by atoms with Crippen molar-refractivity contribution in [2.75, 3.05) is 25.1 Å². The Hall–Kier alpha value is -2.76. The number of hydrogen-bond acceptors (Lipinski definition) is 5. The lowest BCUT2D eigenvalue weighted by Gasteiger charge is -2.13. The molecule has 0 radical (unpaired) electrons. The maximum absolute atomic E-state index is 11.7. The van der Waals surface area contributed by atoms with Gasteiger partial charge in [-0.25, -0.2) is 4.98 Å². The van der Waals surface area contributed by atoms with E-state index < -0.39 is 0 Å². The van der Waals surface area contributed by atoms with Crippen LogP contribution in [0.15, 0.2) is 36.5 Å². The molecule has 126 valence electrons. The van der Waals surface area contributed by atoms with Crippen LogP contribution in [0.4, 0.5) is 5.82 Å². The van der Waals surface area contributed by atoms with Gasteiger partial charge in [-0.3, -0.25) is 4.79 Å². The van der Waals surface area contributed by atoms with Crippen LogP contribution in [0.1, 0.15) is 29.3 Å². The highest BCUT2D eigenvalue weighted by Crippen LogP contribution is 2.33. The van der Waals surface area contributed by atoms with E-state index in [9.17, 15) is 4.79 Å². The van der Waals surface area contributed by atoms with E-state index in [0.29, 0.717) is 37.7 Å². The van der Waals surface area contributed by atoms with E-state index in [0.717, 1.165) is 23.5 Å². The van der Waals surface area contributed by atoms with Gasteiger partial charge in [0.25, 0.3) is 5.91 Å². The van der Waals surface area contributed by atoms with E-state index in [2.05, 4.69) is 15.6 Å². The number of benzene rings is 1. The van der Waals surface area contributed by atoms with E-state index in [-0.39, 0.29) is 5.91 Å². The second-order valence-corrected chi connectivity index (χ2v) is 5.44. The third kappa shape index (κ3) is 3.76. The molecule has 1 aliphatic heterocycles. The zero-order valence-corrected chi connectivity index (χ0v) is 13.7. The van der Waals surface area contributed by atoms with E-state index in [1.807, 2.05) is 25.1 Å². The molecule has 2 N–H and O–H groups in total. The fraction of sp³-hybridized carbons (Fsp3) is 0.333. The highest BCUT2D eigenvalue weighted by Gasteiger charge is 2.14. The zero-order chi connectivity index (χ0) is 16.8. The molecule has 6 heteroatoms. The number of nitrogens with one attached hydrogen (secondary N) is 2. The molecular formula is C18H21N3O3. The first-order valence-corrected chi connectivity index (χ1v) is 8.13. The predicted molar refractivity (Wildman–Crippen MR) is 91.6 cm³/mol. The van der Waals surface area contributed by atoms with Gasteiger partial charge in [-0.2, -0.15) is 0 Å². The number of anilines is 1. The Morgan fingerprint density at radius 1 is 1.21 bits per heavy atom. The summed E-state index contributed by atoms with van der Waals surface area (Å²) in [7, 11) is 0. The summed E-state index contributed by atoms with van der Waals surface area (Å²) in [5.74, 6) is 2.17. The van der Waals surface area contributed by atoms with E-state index >= 15 is 0 Å². The van der Waals surface area contributed by atoms with Crippen molar-refractivity contribution in [1.29, 1.82) is 0 Å². The summed E-state index contributed by atoms with van der Waals surface area (Å²) in [6, 6.07) is 9.43. The minimum absolute atomic E-state index is 0.115. The molecule has 3 rings (SSSR count). The highest BCUT2D eigenvalue weighted by molar-refractivity contribution is 5.93. The zero-order valence-electron chi connectivity index (χ0n) is 13.7. The van der Waals surface area contributed by atoms with Gasteiger partial charge in [0.1, 0.15) is 5.82 Å². The molecule has 1 aromatic heterocycles. The molecule has 0 spiro atoms. The number of nitrogens with zero attached hydrogens (tertiary/aromatic N) is 1. The quantitative estimate of drug-likeness (QED) is 0.883. The van der Waals surface area contributed by atoms with Gasteiger partial charge in [0.15, 0.2) is 11.5 Å². The van der Waals surface area contributed by atoms with Crippen LogP contribution < -0.4 is 20.1 Å². The van der Waals surface area contributed by atoms with Crippen molar-refractivity contribution < 1.29 is 14.3 Å². The van der Waals surface area contributed by atoms with Crippen LogP contribution in [0, 0.1) is 0 Å². The predicted octanol–water partition coefficient (Wildman–Crippen LogP) is 2.60. The summed E-state index contributed by atoms with van der Waals surface area (Å²) >= 11 is 0. The van der Waals surface area contributed by atoms with Gasteiger partial charge in [0, 0.05) is 31.3 Å². The summed E-state index contributed by atoms with van der Waals surface area (Å²) in [5.41, 5.74) is 1.57. The SMILES string of the molecule is CCNC(=O)c1ccc(NCc2cccc3c2OCCCO3)nc1. The molecule has 2 heterocycles. The van der Waals surface area contributed by atoms with Crippen LogP contribution in [0.2, 0.25) is 0 Å². The first-order chi connectivity index (χ1) is 11.8. The third-order valence-corrected chi connectivity index (χ3v) is 3.68. The molecule has 0 aliphatic carbocycles. The Morgan fingerprint density at radius 3 is 2.88 bits per heavy atom. The van der Waals surface area contributed by atoms with E-state index in [1.54, 1.807) is 18.3 Å². The number of aromatic nitrogens is 1. The fourth-order valence-electron chi connectivity index (χ4n) is 2.47.